The fourth-order valence-corrected chi connectivity index (χ4v) is 4.64. The lowest BCUT2D eigenvalue weighted by Crippen LogP contribution is -2.44. The van der Waals surface area contributed by atoms with E-state index in [9.17, 15) is 17.6 Å². The number of hydrogen-bond acceptors (Lipinski definition) is 4. The lowest BCUT2D eigenvalue weighted by molar-refractivity contribution is -0.120. The largest absolute Gasteiger partial charge is 0.323 e. The zero-order valence-corrected chi connectivity index (χ0v) is 16.4. The third kappa shape index (κ3) is 4.36. The van der Waals surface area contributed by atoms with Crippen LogP contribution in [-0.2, 0) is 27.8 Å². The smallest absolute Gasteiger partial charge is 0.228 e. The summed E-state index contributed by atoms with van der Waals surface area (Å²) in [4.78, 5) is 12.5. The van der Waals surface area contributed by atoms with Gasteiger partial charge in [0, 0.05) is 19.6 Å². The van der Waals surface area contributed by atoms with Gasteiger partial charge in [0.25, 0.3) is 0 Å². The molecule has 2 aliphatic heterocycles. The standard InChI is InChI=1S/C17H24FN3O3S.ClH/c1-2-25(23,24)21-9-3-4-13(11-21)17(22)20-15-6-5-12-10-19-8-7-14(12)16(15)18;/h5-6,13,19H,2-4,7-11H2,1H3,(H,20,22);1H. The van der Waals surface area contributed by atoms with E-state index in [1.165, 1.54) is 4.31 Å². The summed E-state index contributed by atoms with van der Waals surface area (Å²) in [7, 11) is -3.31. The van der Waals surface area contributed by atoms with Gasteiger partial charge in [-0.3, -0.25) is 4.79 Å². The maximum absolute atomic E-state index is 14.7. The van der Waals surface area contributed by atoms with Gasteiger partial charge in [-0.1, -0.05) is 6.07 Å². The van der Waals surface area contributed by atoms with Crippen LogP contribution in [-0.4, -0.2) is 44.0 Å². The second-order valence-electron chi connectivity index (χ2n) is 6.58. The van der Waals surface area contributed by atoms with Crippen molar-refractivity contribution in [2.24, 2.45) is 5.92 Å². The second-order valence-corrected chi connectivity index (χ2v) is 8.84. The minimum absolute atomic E-state index is 0. The van der Waals surface area contributed by atoms with E-state index in [-0.39, 0.29) is 42.1 Å². The minimum Gasteiger partial charge on any atom is -0.323 e. The second kappa shape index (κ2) is 8.65. The van der Waals surface area contributed by atoms with Gasteiger partial charge in [0.1, 0.15) is 5.82 Å². The van der Waals surface area contributed by atoms with Gasteiger partial charge in [0.2, 0.25) is 15.9 Å². The van der Waals surface area contributed by atoms with E-state index in [4.69, 9.17) is 0 Å². The topological polar surface area (TPSA) is 78.5 Å². The fourth-order valence-electron chi connectivity index (χ4n) is 3.46. The summed E-state index contributed by atoms with van der Waals surface area (Å²) in [6.45, 7) is 3.55. The van der Waals surface area contributed by atoms with Crippen molar-refractivity contribution in [3.05, 3.63) is 29.1 Å². The molecule has 0 aliphatic carbocycles. The molecular weight excluding hydrogens is 381 g/mol. The fraction of sp³-hybridized carbons (Fsp3) is 0.588. The van der Waals surface area contributed by atoms with Crippen molar-refractivity contribution in [2.75, 3.05) is 30.7 Å². The number of nitrogens with zero attached hydrogens (tertiary/aromatic N) is 1. The molecule has 0 bridgehead atoms. The molecule has 9 heteroatoms. The van der Waals surface area contributed by atoms with E-state index in [0.29, 0.717) is 44.5 Å². The van der Waals surface area contributed by atoms with Crippen LogP contribution in [0.25, 0.3) is 0 Å². The minimum atomic E-state index is -3.31. The monoisotopic (exact) mass is 405 g/mol. The van der Waals surface area contributed by atoms with E-state index in [0.717, 1.165) is 5.56 Å². The van der Waals surface area contributed by atoms with Gasteiger partial charge < -0.3 is 10.6 Å². The highest BCUT2D eigenvalue weighted by molar-refractivity contribution is 7.89. The first-order valence-electron chi connectivity index (χ1n) is 8.72. The lowest BCUT2D eigenvalue weighted by atomic mass is 9.97. The molecule has 2 N–H and O–H groups in total. The molecule has 0 spiro atoms. The van der Waals surface area contributed by atoms with Crippen LogP contribution in [0.3, 0.4) is 0 Å². The van der Waals surface area contributed by atoms with Crippen LogP contribution >= 0.6 is 12.4 Å². The number of hydrogen-bond donors (Lipinski definition) is 2. The van der Waals surface area contributed by atoms with Crippen LogP contribution in [0.1, 0.15) is 30.9 Å². The van der Waals surface area contributed by atoms with Crippen LogP contribution in [0.4, 0.5) is 10.1 Å². The number of sulfonamides is 1. The zero-order valence-electron chi connectivity index (χ0n) is 14.8. The van der Waals surface area contributed by atoms with Gasteiger partial charge in [0.15, 0.2) is 0 Å². The number of piperidine rings is 1. The van der Waals surface area contributed by atoms with E-state index in [1.807, 2.05) is 6.07 Å². The predicted octanol–water partition coefficient (Wildman–Crippen LogP) is 1.89. The Hall–Kier alpha value is -1.22. The first-order valence-corrected chi connectivity index (χ1v) is 10.3. The van der Waals surface area contributed by atoms with Gasteiger partial charge in [-0.25, -0.2) is 17.1 Å². The van der Waals surface area contributed by atoms with Crippen LogP contribution < -0.4 is 10.6 Å². The third-order valence-corrected chi connectivity index (χ3v) is 6.83. The van der Waals surface area contributed by atoms with E-state index >= 15 is 0 Å². The van der Waals surface area contributed by atoms with Crippen molar-refractivity contribution in [3.8, 4) is 0 Å². The summed E-state index contributed by atoms with van der Waals surface area (Å²) in [6, 6.07) is 3.41. The van der Waals surface area contributed by atoms with Gasteiger partial charge in [-0.15, -0.1) is 12.4 Å². The molecule has 26 heavy (non-hydrogen) atoms. The lowest BCUT2D eigenvalue weighted by Gasteiger charge is -2.31. The van der Waals surface area contributed by atoms with Gasteiger partial charge in [0.05, 0.1) is 17.4 Å². The number of nitrogens with one attached hydrogen (secondary N) is 2. The Morgan fingerprint density at radius 2 is 2.19 bits per heavy atom. The van der Waals surface area contributed by atoms with Crippen LogP contribution in [0, 0.1) is 11.7 Å². The number of anilines is 1. The molecule has 1 fully saturated rings. The molecule has 2 aliphatic rings. The molecule has 0 saturated carbocycles. The Labute approximate surface area is 160 Å². The molecule has 0 radical (unpaired) electrons. The quantitative estimate of drug-likeness (QED) is 0.801. The molecular formula is C17H25ClFN3O3S. The summed E-state index contributed by atoms with van der Waals surface area (Å²) in [5.74, 6) is -1.12. The van der Waals surface area contributed by atoms with Gasteiger partial charge in [-0.05, 0) is 49.9 Å². The summed E-state index contributed by atoms with van der Waals surface area (Å²) >= 11 is 0. The summed E-state index contributed by atoms with van der Waals surface area (Å²) in [6.07, 6.45) is 1.84. The first kappa shape index (κ1) is 21.1. The van der Waals surface area contributed by atoms with Crippen LogP contribution in [0.2, 0.25) is 0 Å². The Balaban J connectivity index is 0.00000243. The number of carbonyl (C=O) groups excluding carboxylic acids is 1. The summed E-state index contributed by atoms with van der Waals surface area (Å²) in [5.41, 5.74) is 1.75. The number of halogens is 2. The molecule has 3 rings (SSSR count). The van der Waals surface area contributed by atoms with Crippen molar-refractivity contribution in [1.29, 1.82) is 0 Å². The van der Waals surface area contributed by atoms with Crippen molar-refractivity contribution >= 4 is 34.0 Å². The number of amides is 1. The molecule has 2 heterocycles. The normalized spacial score (nSPS) is 20.8. The molecule has 1 saturated heterocycles. The molecule has 1 unspecified atom stereocenters. The zero-order chi connectivity index (χ0) is 18.0. The molecule has 1 aromatic carbocycles. The summed E-state index contributed by atoms with van der Waals surface area (Å²) in [5, 5.41) is 5.85. The van der Waals surface area contributed by atoms with Crippen molar-refractivity contribution in [1.82, 2.24) is 9.62 Å². The Morgan fingerprint density at radius 1 is 1.42 bits per heavy atom. The maximum Gasteiger partial charge on any atom is 0.228 e. The Morgan fingerprint density at radius 3 is 2.92 bits per heavy atom. The first-order chi connectivity index (χ1) is 11.9. The maximum atomic E-state index is 14.7. The van der Waals surface area contributed by atoms with Gasteiger partial charge in [-0.2, -0.15) is 0 Å². The van der Waals surface area contributed by atoms with E-state index in [1.54, 1.807) is 13.0 Å². The van der Waals surface area contributed by atoms with E-state index < -0.39 is 15.9 Å². The highest BCUT2D eigenvalue weighted by atomic mass is 35.5. The Kier molecular flexibility index (Phi) is 7.01. The Bertz CT molecular complexity index is 773. The summed E-state index contributed by atoms with van der Waals surface area (Å²) < 4.78 is 40.1. The van der Waals surface area contributed by atoms with Crippen LogP contribution in [0.15, 0.2) is 12.1 Å². The third-order valence-electron chi connectivity index (χ3n) is 4.98. The predicted molar refractivity (Wildman–Crippen MR) is 101 cm³/mol. The molecule has 1 atom stereocenters. The average molecular weight is 406 g/mol. The molecule has 146 valence electrons. The van der Waals surface area contributed by atoms with Crippen LogP contribution in [0.5, 0.6) is 0 Å². The number of benzene rings is 1. The van der Waals surface area contributed by atoms with Crippen molar-refractivity contribution in [3.63, 3.8) is 0 Å². The number of fused-ring (bicyclic) bond motifs is 1. The molecule has 6 nitrogen and oxygen atoms in total. The SMILES string of the molecule is CCS(=O)(=O)N1CCCC(C(=O)Nc2ccc3c(c2F)CCNC3)C1.Cl. The highest BCUT2D eigenvalue weighted by Crippen LogP contribution is 2.26. The highest BCUT2D eigenvalue weighted by Gasteiger charge is 2.32. The molecule has 1 aromatic rings. The van der Waals surface area contributed by atoms with Gasteiger partial charge >= 0.3 is 0 Å². The molecule has 1 amide bonds. The van der Waals surface area contributed by atoms with Crippen molar-refractivity contribution < 1.29 is 17.6 Å². The van der Waals surface area contributed by atoms with E-state index in [2.05, 4.69) is 10.6 Å². The molecule has 0 aromatic heterocycles. The van der Waals surface area contributed by atoms with Crippen molar-refractivity contribution in [2.45, 2.75) is 32.7 Å². The average Bonchev–Trinajstić information content (AvgIpc) is 2.64. The number of carbonyl (C=O) groups is 1. The number of rotatable bonds is 4.